The van der Waals surface area contributed by atoms with Crippen molar-refractivity contribution in [3.63, 3.8) is 0 Å². The van der Waals surface area contributed by atoms with E-state index >= 15 is 0 Å². The van der Waals surface area contributed by atoms with Gasteiger partial charge in [-0.25, -0.2) is 0 Å². The van der Waals surface area contributed by atoms with Gasteiger partial charge in [-0.2, -0.15) is 0 Å². The van der Waals surface area contributed by atoms with Gasteiger partial charge in [-0.05, 0) is 54.4 Å². The van der Waals surface area contributed by atoms with Crippen molar-refractivity contribution in [2.75, 3.05) is 6.61 Å². The molecule has 3 aromatic rings. The molecular formula is C22H19Cl2NO2. The molecule has 0 spiro atoms. The van der Waals surface area contributed by atoms with E-state index in [-0.39, 0.29) is 0 Å². The first-order chi connectivity index (χ1) is 13.2. The molecule has 0 atom stereocenters. The zero-order chi connectivity index (χ0) is 19.1. The van der Waals surface area contributed by atoms with E-state index in [1.165, 1.54) is 0 Å². The lowest BCUT2D eigenvalue weighted by atomic mass is 10.2. The van der Waals surface area contributed by atoms with Crippen molar-refractivity contribution in [3.05, 3.63) is 87.9 Å². The number of para-hydroxylation sites is 1. The van der Waals surface area contributed by atoms with Crippen LogP contribution in [0, 0.1) is 0 Å². The molecule has 0 saturated carbocycles. The number of hydrogen-bond donors (Lipinski definition) is 0. The second-order valence-electron chi connectivity index (χ2n) is 5.77. The molecule has 0 fully saturated rings. The Morgan fingerprint density at radius 3 is 2.37 bits per heavy atom. The van der Waals surface area contributed by atoms with Crippen molar-refractivity contribution in [1.82, 2.24) is 0 Å². The van der Waals surface area contributed by atoms with Crippen LogP contribution in [-0.4, -0.2) is 12.8 Å². The molecule has 3 nitrogen and oxygen atoms in total. The van der Waals surface area contributed by atoms with E-state index < -0.39 is 0 Å². The molecule has 3 rings (SSSR count). The van der Waals surface area contributed by atoms with Gasteiger partial charge in [0.05, 0.1) is 17.3 Å². The van der Waals surface area contributed by atoms with Gasteiger partial charge in [-0.15, -0.1) is 0 Å². The number of aliphatic imine (C=N–C) groups is 1. The van der Waals surface area contributed by atoms with Crippen molar-refractivity contribution < 1.29 is 9.47 Å². The molecule has 0 aliphatic carbocycles. The maximum absolute atomic E-state index is 6.46. The molecule has 0 aliphatic rings. The van der Waals surface area contributed by atoms with Crippen molar-refractivity contribution in [3.8, 4) is 11.5 Å². The van der Waals surface area contributed by atoms with E-state index in [2.05, 4.69) is 4.99 Å². The molecular weight excluding hydrogens is 381 g/mol. The average molecular weight is 400 g/mol. The standard InChI is InChI=1S/C22H19Cl2NO2/c1-2-26-21-13-17(14-25-19-6-4-3-5-7-19)12-20(24)22(21)27-15-16-8-10-18(23)11-9-16/h3-14H,2,15H2,1H3. The molecule has 0 amide bonds. The highest BCUT2D eigenvalue weighted by Crippen LogP contribution is 2.37. The summed E-state index contributed by atoms with van der Waals surface area (Å²) < 4.78 is 11.6. The second-order valence-corrected chi connectivity index (χ2v) is 6.62. The van der Waals surface area contributed by atoms with E-state index in [1.807, 2.05) is 73.7 Å². The van der Waals surface area contributed by atoms with Gasteiger partial charge >= 0.3 is 0 Å². The maximum atomic E-state index is 6.46. The van der Waals surface area contributed by atoms with Crippen LogP contribution in [0.25, 0.3) is 0 Å². The molecule has 0 aromatic heterocycles. The first kappa shape index (κ1) is 19.3. The minimum absolute atomic E-state index is 0.369. The molecule has 0 bridgehead atoms. The van der Waals surface area contributed by atoms with Gasteiger partial charge in [-0.1, -0.05) is 53.5 Å². The van der Waals surface area contributed by atoms with Gasteiger partial charge in [0.1, 0.15) is 6.61 Å². The van der Waals surface area contributed by atoms with Crippen molar-refractivity contribution >= 4 is 35.1 Å². The SMILES string of the molecule is CCOc1cc(C=Nc2ccccc2)cc(Cl)c1OCc1ccc(Cl)cc1. The molecule has 0 heterocycles. The highest BCUT2D eigenvalue weighted by Gasteiger charge is 2.12. The molecule has 0 unspecified atom stereocenters. The van der Waals surface area contributed by atoms with Gasteiger partial charge < -0.3 is 9.47 Å². The van der Waals surface area contributed by atoms with E-state index in [4.69, 9.17) is 32.7 Å². The number of benzene rings is 3. The summed E-state index contributed by atoms with van der Waals surface area (Å²) in [5, 5.41) is 1.17. The Labute approximate surface area is 169 Å². The lowest BCUT2D eigenvalue weighted by molar-refractivity contribution is 0.269. The Bertz CT molecular complexity index is 910. The van der Waals surface area contributed by atoms with Gasteiger partial charge in [0.25, 0.3) is 0 Å². The van der Waals surface area contributed by atoms with Crippen LogP contribution in [0.2, 0.25) is 10.0 Å². The molecule has 138 valence electrons. The summed E-state index contributed by atoms with van der Waals surface area (Å²) in [5.41, 5.74) is 2.70. The van der Waals surface area contributed by atoms with Crippen LogP contribution in [0.4, 0.5) is 5.69 Å². The zero-order valence-electron chi connectivity index (χ0n) is 14.9. The van der Waals surface area contributed by atoms with Crippen LogP contribution >= 0.6 is 23.2 Å². The number of halogens is 2. The largest absolute Gasteiger partial charge is 0.490 e. The third-order valence-electron chi connectivity index (χ3n) is 3.75. The Kier molecular flexibility index (Phi) is 6.74. The second kappa shape index (κ2) is 9.45. The predicted octanol–water partition coefficient (Wildman–Crippen LogP) is 6.72. The Balaban J connectivity index is 1.81. The lowest BCUT2D eigenvalue weighted by Gasteiger charge is -2.14. The van der Waals surface area contributed by atoms with E-state index in [1.54, 1.807) is 6.21 Å². The Morgan fingerprint density at radius 2 is 1.67 bits per heavy atom. The lowest BCUT2D eigenvalue weighted by Crippen LogP contribution is -2.01. The van der Waals surface area contributed by atoms with E-state index in [0.717, 1.165) is 16.8 Å². The molecule has 0 saturated heterocycles. The van der Waals surface area contributed by atoms with Crippen molar-refractivity contribution in [2.24, 2.45) is 4.99 Å². The summed E-state index contributed by atoms with van der Waals surface area (Å²) in [4.78, 5) is 4.46. The number of ether oxygens (including phenoxy) is 2. The summed E-state index contributed by atoms with van der Waals surface area (Å²) in [6.07, 6.45) is 1.76. The molecule has 27 heavy (non-hydrogen) atoms. The number of hydrogen-bond acceptors (Lipinski definition) is 3. The highest BCUT2D eigenvalue weighted by atomic mass is 35.5. The highest BCUT2D eigenvalue weighted by molar-refractivity contribution is 6.32. The van der Waals surface area contributed by atoms with Crippen LogP contribution in [0.5, 0.6) is 11.5 Å². The quantitative estimate of drug-likeness (QED) is 0.412. The first-order valence-electron chi connectivity index (χ1n) is 8.58. The summed E-state index contributed by atoms with van der Waals surface area (Å²) in [5.74, 6) is 1.11. The topological polar surface area (TPSA) is 30.8 Å². The zero-order valence-corrected chi connectivity index (χ0v) is 16.4. The van der Waals surface area contributed by atoms with Gasteiger partial charge in [0.15, 0.2) is 11.5 Å². The third kappa shape index (κ3) is 5.49. The summed E-state index contributed by atoms with van der Waals surface area (Å²) >= 11 is 12.4. The van der Waals surface area contributed by atoms with Crippen molar-refractivity contribution in [2.45, 2.75) is 13.5 Å². The number of nitrogens with zero attached hydrogens (tertiary/aromatic N) is 1. The normalized spacial score (nSPS) is 10.9. The minimum Gasteiger partial charge on any atom is -0.490 e. The summed E-state index contributed by atoms with van der Waals surface area (Å²) in [6, 6.07) is 20.9. The van der Waals surface area contributed by atoms with Gasteiger partial charge in [0.2, 0.25) is 0 Å². The first-order valence-corrected chi connectivity index (χ1v) is 9.34. The smallest absolute Gasteiger partial charge is 0.180 e. The molecule has 0 N–H and O–H groups in total. The fraction of sp³-hybridized carbons (Fsp3) is 0.136. The van der Waals surface area contributed by atoms with E-state index in [0.29, 0.717) is 34.8 Å². The molecule has 5 heteroatoms. The molecule has 0 aliphatic heterocycles. The maximum Gasteiger partial charge on any atom is 0.180 e. The monoisotopic (exact) mass is 399 g/mol. The molecule has 3 aromatic carbocycles. The summed E-state index contributed by atoms with van der Waals surface area (Å²) in [6.45, 7) is 2.79. The fourth-order valence-electron chi connectivity index (χ4n) is 2.46. The summed E-state index contributed by atoms with van der Waals surface area (Å²) in [7, 11) is 0. The molecule has 0 radical (unpaired) electrons. The number of rotatable bonds is 7. The van der Waals surface area contributed by atoms with Crippen LogP contribution < -0.4 is 9.47 Å². The Morgan fingerprint density at radius 1 is 0.926 bits per heavy atom. The van der Waals surface area contributed by atoms with Crippen LogP contribution in [0.1, 0.15) is 18.1 Å². The Hall–Kier alpha value is -2.49. The predicted molar refractivity (Wildman–Crippen MR) is 112 cm³/mol. The van der Waals surface area contributed by atoms with Crippen molar-refractivity contribution in [1.29, 1.82) is 0 Å². The minimum atomic E-state index is 0.369. The van der Waals surface area contributed by atoms with Gasteiger partial charge in [-0.3, -0.25) is 4.99 Å². The average Bonchev–Trinajstić information content (AvgIpc) is 2.68. The van der Waals surface area contributed by atoms with E-state index in [9.17, 15) is 0 Å². The van der Waals surface area contributed by atoms with Gasteiger partial charge in [0, 0.05) is 11.2 Å². The van der Waals surface area contributed by atoms with Crippen LogP contribution in [-0.2, 0) is 6.61 Å². The van der Waals surface area contributed by atoms with Crippen LogP contribution in [0.15, 0.2) is 71.7 Å². The van der Waals surface area contributed by atoms with Crippen LogP contribution in [0.3, 0.4) is 0 Å². The third-order valence-corrected chi connectivity index (χ3v) is 4.28. The fourth-order valence-corrected chi connectivity index (χ4v) is 2.86.